The van der Waals surface area contributed by atoms with Crippen LogP contribution in [0.3, 0.4) is 0 Å². The van der Waals surface area contributed by atoms with Gasteiger partial charge in [0.2, 0.25) is 17.7 Å². The maximum absolute atomic E-state index is 13.0. The number of aliphatic hydroxyl groups excluding tert-OH is 3. The lowest BCUT2D eigenvalue weighted by Gasteiger charge is -2.29. The molecule has 0 aliphatic heterocycles. The Hall–Kier alpha value is -1.83. The van der Waals surface area contributed by atoms with Gasteiger partial charge in [-0.1, -0.05) is 194 Å². The third-order valence-corrected chi connectivity index (χ3v) is 12.7. The summed E-state index contributed by atoms with van der Waals surface area (Å²) in [6.07, 6.45) is 34.0. The van der Waals surface area contributed by atoms with Crippen LogP contribution in [-0.4, -0.2) is 146 Å². The third-order valence-electron chi connectivity index (χ3n) is 12.7. The molecule has 0 aromatic rings. The van der Waals surface area contributed by atoms with E-state index in [9.17, 15) is 29.7 Å². The number of hydrogen-bond donors (Lipinski definition) is 6. The van der Waals surface area contributed by atoms with Gasteiger partial charge in [-0.2, -0.15) is 0 Å². The maximum atomic E-state index is 13.0. The summed E-state index contributed by atoms with van der Waals surface area (Å²) in [4.78, 5) is 45.0. The fourth-order valence-corrected chi connectivity index (χ4v) is 8.49. The molecule has 12 nitrogen and oxygen atoms in total. The molecular weight excluding hydrogens is 817 g/mol. The summed E-state index contributed by atoms with van der Waals surface area (Å²) >= 11 is 0. The van der Waals surface area contributed by atoms with E-state index in [-0.39, 0.29) is 25.5 Å². The molecule has 0 aliphatic carbocycles. The number of unbranched alkanes of at least 4 members (excludes halogenated alkanes) is 27. The Morgan fingerprint density at radius 2 is 0.569 bits per heavy atom. The van der Waals surface area contributed by atoms with Gasteiger partial charge in [-0.05, 0) is 72.4 Å². The SMILES string of the molecule is CCCCCCCCCCCCNC(=O)C(O)CN(CCCN(C)C)CCCN(CC(O)C(=O)NCCCCCCCCCCCC)CC(O)C(=O)NCCCCCCCCCCCC. The van der Waals surface area contributed by atoms with E-state index < -0.39 is 30.1 Å². The van der Waals surface area contributed by atoms with E-state index in [1.165, 1.54) is 141 Å². The zero-order valence-corrected chi connectivity index (χ0v) is 43.3. The smallest absolute Gasteiger partial charge is 0.250 e. The van der Waals surface area contributed by atoms with E-state index in [2.05, 4.69) is 46.5 Å². The van der Waals surface area contributed by atoms with Crippen LogP contribution in [0.2, 0.25) is 0 Å². The summed E-state index contributed by atoms with van der Waals surface area (Å²) in [7, 11) is 4.05. The molecule has 0 bridgehead atoms. The van der Waals surface area contributed by atoms with Crippen molar-refractivity contribution in [1.29, 1.82) is 0 Å². The first kappa shape index (κ1) is 63.2. The minimum absolute atomic E-state index is 0.0166. The van der Waals surface area contributed by atoms with Crippen molar-refractivity contribution in [3.8, 4) is 0 Å². The Kier molecular flexibility index (Phi) is 45.9. The molecule has 0 aromatic carbocycles. The predicted molar refractivity (Wildman–Crippen MR) is 273 cm³/mol. The number of nitrogens with one attached hydrogen (secondary N) is 3. The van der Waals surface area contributed by atoms with E-state index in [0.717, 1.165) is 64.3 Å². The van der Waals surface area contributed by atoms with Crippen molar-refractivity contribution < 1.29 is 29.7 Å². The van der Waals surface area contributed by atoms with E-state index in [0.29, 0.717) is 45.7 Å². The molecule has 3 amide bonds. The Labute approximate surface area is 401 Å². The molecule has 0 spiro atoms. The Balaban J connectivity index is 5.16. The van der Waals surface area contributed by atoms with Crippen molar-refractivity contribution in [3.05, 3.63) is 0 Å². The highest BCUT2D eigenvalue weighted by atomic mass is 16.3. The van der Waals surface area contributed by atoms with Crippen LogP contribution in [0.15, 0.2) is 0 Å². The fourth-order valence-electron chi connectivity index (χ4n) is 8.49. The molecule has 0 saturated heterocycles. The molecule has 0 aromatic heterocycles. The highest BCUT2D eigenvalue weighted by Crippen LogP contribution is 2.13. The van der Waals surface area contributed by atoms with Crippen LogP contribution < -0.4 is 16.0 Å². The number of carbonyl (C=O) groups excluding carboxylic acids is 3. The zero-order valence-electron chi connectivity index (χ0n) is 43.3. The average molecular weight is 925 g/mol. The summed E-state index contributed by atoms with van der Waals surface area (Å²) in [5, 5.41) is 41.7. The minimum Gasteiger partial charge on any atom is -0.382 e. The highest BCUT2D eigenvalue weighted by Gasteiger charge is 2.25. The molecular formula is C53H108N6O6. The van der Waals surface area contributed by atoms with Gasteiger partial charge in [0.1, 0.15) is 18.3 Å². The highest BCUT2D eigenvalue weighted by molar-refractivity contribution is 5.81. The van der Waals surface area contributed by atoms with Crippen LogP contribution in [0.25, 0.3) is 0 Å². The van der Waals surface area contributed by atoms with Gasteiger partial charge in [-0.3, -0.25) is 19.3 Å². The summed E-state index contributed by atoms with van der Waals surface area (Å²) < 4.78 is 0. The summed E-state index contributed by atoms with van der Waals surface area (Å²) in [5.41, 5.74) is 0. The topological polar surface area (TPSA) is 158 Å². The standard InChI is InChI=1S/C53H108N6O6/c1-6-9-12-15-18-21-24-27-30-33-38-54-51(63)48(60)45-58(42-36-41-57(4)5)43-37-44-59(46-49(61)52(64)55-39-34-31-28-25-22-19-16-13-10-7-2)47-50(62)53(65)56-40-35-32-29-26-23-20-17-14-11-8-3/h48-50,60-62H,6-47H2,1-5H3,(H,54,63)(H,55,64)(H,56,65). The van der Waals surface area contributed by atoms with Crippen molar-refractivity contribution in [2.24, 2.45) is 0 Å². The van der Waals surface area contributed by atoms with Gasteiger partial charge in [-0.15, -0.1) is 0 Å². The third kappa shape index (κ3) is 42.0. The van der Waals surface area contributed by atoms with Crippen molar-refractivity contribution in [2.75, 3.05) is 79.5 Å². The normalized spacial score (nSPS) is 13.2. The molecule has 0 heterocycles. The van der Waals surface area contributed by atoms with Gasteiger partial charge >= 0.3 is 0 Å². The zero-order chi connectivity index (χ0) is 48.0. The average Bonchev–Trinajstić information content (AvgIpc) is 3.28. The quantitative estimate of drug-likeness (QED) is 0.0328. The van der Waals surface area contributed by atoms with Gasteiger partial charge in [0.05, 0.1) is 0 Å². The van der Waals surface area contributed by atoms with Gasteiger partial charge in [-0.25, -0.2) is 0 Å². The van der Waals surface area contributed by atoms with Crippen LogP contribution in [-0.2, 0) is 14.4 Å². The first-order valence-electron chi connectivity index (χ1n) is 27.5. The number of amides is 3. The number of aliphatic hydroxyl groups is 3. The number of rotatable bonds is 50. The molecule has 6 N–H and O–H groups in total. The van der Waals surface area contributed by atoms with Crippen molar-refractivity contribution >= 4 is 17.7 Å². The number of carbonyl (C=O) groups is 3. The monoisotopic (exact) mass is 925 g/mol. The molecule has 3 unspecified atom stereocenters. The molecule has 3 atom stereocenters. The molecule has 0 radical (unpaired) electrons. The fraction of sp³-hybridized carbons (Fsp3) is 0.943. The molecule has 12 heteroatoms. The summed E-state index contributed by atoms with van der Waals surface area (Å²) in [6, 6.07) is 0. The van der Waals surface area contributed by atoms with Crippen molar-refractivity contribution in [2.45, 2.75) is 245 Å². The van der Waals surface area contributed by atoms with Crippen LogP contribution >= 0.6 is 0 Å². The second kappa shape index (κ2) is 47.2. The summed E-state index contributed by atoms with van der Waals surface area (Å²) in [6.45, 7) is 11.0. The van der Waals surface area contributed by atoms with Gasteiger partial charge < -0.3 is 41.1 Å². The lowest BCUT2D eigenvalue weighted by atomic mass is 10.1. The molecule has 65 heavy (non-hydrogen) atoms. The number of hydrogen-bond acceptors (Lipinski definition) is 9. The second-order valence-corrected chi connectivity index (χ2v) is 19.5. The molecule has 0 aliphatic rings. The van der Waals surface area contributed by atoms with Crippen molar-refractivity contribution in [3.63, 3.8) is 0 Å². The van der Waals surface area contributed by atoms with Gasteiger partial charge in [0, 0.05) is 39.3 Å². The molecule has 0 rings (SSSR count). The number of nitrogens with zero attached hydrogens (tertiary/aromatic N) is 3. The predicted octanol–water partition coefficient (Wildman–Crippen LogP) is 9.13. The minimum atomic E-state index is -1.31. The van der Waals surface area contributed by atoms with Crippen LogP contribution in [0.5, 0.6) is 0 Å². The van der Waals surface area contributed by atoms with E-state index in [1.54, 1.807) is 4.90 Å². The van der Waals surface area contributed by atoms with Gasteiger partial charge in [0.15, 0.2) is 0 Å². The Morgan fingerprint density at radius 3 is 0.846 bits per heavy atom. The molecule has 386 valence electrons. The second-order valence-electron chi connectivity index (χ2n) is 19.5. The maximum Gasteiger partial charge on any atom is 0.250 e. The van der Waals surface area contributed by atoms with Crippen LogP contribution in [0.1, 0.15) is 226 Å². The van der Waals surface area contributed by atoms with Gasteiger partial charge in [0.25, 0.3) is 0 Å². The first-order valence-corrected chi connectivity index (χ1v) is 27.5. The first-order chi connectivity index (χ1) is 31.5. The Bertz CT molecular complexity index is 1020. The van der Waals surface area contributed by atoms with Crippen molar-refractivity contribution in [1.82, 2.24) is 30.7 Å². The van der Waals surface area contributed by atoms with E-state index >= 15 is 0 Å². The molecule has 0 saturated carbocycles. The lowest BCUT2D eigenvalue weighted by Crippen LogP contribution is -2.49. The van der Waals surface area contributed by atoms with E-state index in [1.807, 2.05) is 14.1 Å². The van der Waals surface area contributed by atoms with Crippen LogP contribution in [0, 0.1) is 0 Å². The Morgan fingerprint density at radius 1 is 0.338 bits per heavy atom. The lowest BCUT2D eigenvalue weighted by molar-refractivity contribution is -0.132. The van der Waals surface area contributed by atoms with E-state index in [4.69, 9.17) is 0 Å². The molecule has 0 fully saturated rings. The summed E-state index contributed by atoms with van der Waals surface area (Å²) in [5.74, 6) is -1.23. The van der Waals surface area contributed by atoms with Crippen LogP contribution in [0.4, 0.5) is 0 Å². The largest absolute Gasteiger partial charge is 0.382 e.